The van der Waals surface area contributed by atoms with Crippen LogP contribution < -0.4 is 4.74 Å². The molecular formula is C14H12N2O5. The summed E-state index contributed by atoms with van der Waals surface area (Å²) in [5.41, 5.74) is 1.02. The quantitative estimate of drug-likeness (QED) is 0.670. The van der Waals surface area contributed by atoms with Gasteiger partial charge in [-0.15, -0.1) is 0 Å². The Morgan fingerprint density at radius 1 is 1.38 bits per heavy atom. The lowest BCUT2D eigenvalue weighted by atomic mass is 10.1. The van der Waals surface area contributed by atoms with Crippen LogP contribution >= 0.6 is 0 Å². The number of benzene rings is 1. The van der Waals surface area contributed by atoms with Crippen LogP contribution in [0.2, 0.25) is 0 Å². The van der Waals surface area contributed by atoms with E-state index in [9.17, 15) is 14.9 Å². The molecule has 0 spiro atoms. The Morgan fingerprint density at radius 2 is 2.05 bits per heavy atom. The third-order valence-corrected chi connectivity index (χ3v) is 2.75. The second-order valence-corrected chi connectivity index (χ2v) is 4.38. The SMILES string of the molecule is Cc1cnc(Oc2ccc(CC(=O)O)cc2)cc1[N+](=O)[O-]. The highest BCUT2D eigenvalue weighted by Gasteiger charge is 2.13. The maximum Gasteiger partial charge on any atom is 0.307 e. The van der Waals surface area contributed by atoms with Crippen LogP contribution in [0.3, 0.4) is 0 Å². The first kappa shape index (κ1) is 14.4. The lowest BCUT2D eigenvalue weighted by Crippen LogP contribution is -1.99. The zero-order chi connectivity index (χ0) is 15.4. The largest absolute Gasteiger partial charge is 0.481 e. The third kappa shape index (κ3) is 3.75. The van der Waals surface area contributed by atoms with Crippen molar-refractivity contribution in [1.29, 1.82) is 0 Å². The van der Waals surface area contributed by atoms with E-state index in [1.807, 2.05) is 0 Å². The number of rotatable bonds is 5. The Morgan fingerprint density at radius 3 is 2.62 bits per heavy atom. The number of ether oxygens (including phenoxy) is 1. The van der Waals surface area contributed by atoms with E-state index in [-0.39, 0.29) is 18.0 Å². The smallest absolute Gasteiger partial charge is 0.307 e. The summed E-state index contributed by atoms with van der Waals surface area (Å²) < 4.78 is 5.42. The highest BCUT2D eigenvalue weighted by molar-refractivity contribution is 5.70. The summed E-state index contributed by atoms with van der Waals surface area (Å²) >= 11 is 0. The van der Waals surface area contributed by atoms with Gasteiger partial charge in [-0.3, -0.25) is 14.9 Å². The fourth-order valence-electron chi connectivity index (χ4n) is 1.72. The zero-order valence-corrected chi connectivity index (χ0v) is 11.1. The predicted molar refractivity (Wildman–Crippen MR) is 73.5 cm³/mol. The van der Waals surface area contributed by atoms with Gasteiger partial charge in [0.25, 0.3) is 5.69 Å². The molecule has 2 rings (SSSR count). The van der Waals surface area contributed by atoms with Crippen LogP contribution in [0.1, 0.15) is 11.1 Å². The number of carboxylic acid groups (broad SMARTS) is 1. The number of carboxylic acids is 1. The molecule has 21 heavy (non-hydrogen) atoms. The minimum Gasteiger partial charge on any atom is -0.481 e. The molecule has 1 aromatic heterocycles. The number of aryl methyl sites for hydroxylation is 1. The summed E-state index contributed by atoms with van der Waals surface area (Å²) in [4.78, 5) is 24.9. The van der Waals surface area contributed by atoms with Crippen molar-refractivity contribution in [3.63, 3.8) is 0 Å². The molecule has 0 saturated carbocycles. The normalized spacial score (nSPS) is 10.1. The van der Waals surface area contributed by atoms with Crippen molar-refractivity contribution < 1.29 is 19.6 Å². The lowest BCUT2D eigenvalue weighted by Gasteiger charge is -2.06. The Balaban J connectivity index is 2.16. The van der Waals surface area contributed by atoms with Gasteiger partial charge in [-0.05, 0) is 24.6 Å². The Kier molecular flexibility index (Phi) is 4.13. The summed E-state index contributed by atoms with van der Waals surface area (Å²) in [7, 11) is 0. The van der Waals surface area contributed by atoms with E-state index >= 15 is 0 Å². The first-order chi connectivity index (χ1) is 9.95. The minimum absolute atomic E-state index is 0.0671. The van der Waals surface area contributed by atoms with Crippen LogP contribution in [0.15, 0.2) is 36.5 Å². The van der Waals surface area contributed by atoms with E-state index < -0.39 is 10.9 Å². The van der Waals surface area contributed by atoms with Crippen molar-refractivity contribution in [2.24, 2.45) is 0 Å². The van der Waals surface area contributed by atoms with E-state index in [4.69, 9.17) is 9.84 Å². The first-order valence-electron chi connectivity index (χ1n) is 6.05. The van der Waals surface area contributed by atoms with Gasteiger partial charge in [0.05, 0.1) is 17.4 Å². The van der Waals surface area contributed by atoms with Crippen LogP contribution in [0.5, 0.6) is 11.6 Å². The third-order valence-electron chi connectivity index (χ3n) is 2.75. The number of hydrogen-bond donors (Lipinski definition) is 1. The Hall–Kier alpha value is -2.96. The molecule has 0 aliphatic rings. The van der Waals surface area contributed by atoms with E-state index in [1.54, 1.807) is 31.2 Å². The maximum absolute atomic E-state index is 10.8. The number of nitrogens with zero attached hydrogens (tertiary/aromatic N) is 2. The molecule has 0 bridgehead atoms. The minimum atomic E-state index is -0.917. The molecule has 0 unspecified atom stereocenters. The summed E-state index contributed by atoms with van der Waals surface area (Å²) in [5, 5.41) is 19.5. The summed E-state index contributed by atoms with van der Waals surface area (Å²) in [6.07, 6.45) is 1.29. The molecule has 0 saturated heterocycles. The van der Waals surface area contributed by atoms with Crippen molar-refractivity contribution in [1.82, 2.24) is 4.98 Å². The summed E-state index contributed by atoms with van der Waals surface area (Å²) in [6.45, 7) is 1.59. The number of pyridine rings is 1. The maximum atomic E-state index is 10.8. The fourth-order valence-corrected chi connectivity index (χ4v) is 1.72. The van der Waals surface area contributed by atoms with E-state index in [2.05, 4.69) is 4.98 Å². The van der Waals surface area contributed by atoms with Gasteiger partial charge in [0.2, 0.25) is 5.88 Å². The lowest BCUT2D eigenvalue weighted by molar-refractivity contribution is -0.385. The second kappa shape index (κ2) is 6.00. The van der Waals surface area contributed by atoms with Gasteiger partial charge in [0.1, 0.15) is 5.75 Å². The Labute approximate surface area is 120 Å². The zero-order valence-electron chi connectivity index (χ0n) is 11.1. The van der Waals surface area contributed by atoms with Crippen LogP contribution in [0.4, 0.5) is 5.69 Å². The van der Waals surface area contributed by atoms with Crippen LogP contribution in [-0.4, -0.2) is 21.0 Å². The Bertz CT molecular complexity index is 682. The topological polar surface area (TPSA) is 103 Å². The first-order valence-corrected chi connectivity index (χ1v) is 6.05. The molecule has 1 N–H and O–H groups in total. The molecule has 7 nitrogen and oxygen atoms in total. The summed E-state index contributed by atoms with van der Waals surface area (Å²) in [6, 6.07) is 7.66. The standard InChI is InChI=1S/C14H12N2O5/c1-9-8-15-13(7-12(9)16(19)20)21-11-4-2-10(3-5-11)6-14(17)18/h2-5,7-8H,6H2,1H3,(H,17,18). The highest BCUT2D eigenvalue weighted by atomic mass is 16.6. The van der Waals surface area contributed by atoms with Crippen molar-refractivity contribution in [3.8, 4) is 11.6 Å². The van der Waals surface area contributed by atoms with Crippen LogP contribution in [0, 0.1) is 17.0 Å². The molecule has 0 radical (unpaired) electrons. The monoisotopic (exact) mass is 288 g/mol. The fraction of sp³-hybridized carbons (Fsp3) is 0.143. The number of carbonyl (C=O) groups is 1. The molecule has 2 aromatic rings. The average Bonchev–Trinajstić information content (AvgIpc) is 2.42. The van der Waals surface area contributed by atoms with Crippen molar-refractivity contribution >= 4 is 11.7 Å². The van der Waals surface area contributed by atoms with Crippen LogP contribution in [0.25, 0.3) is 0 Å². The summed E-state index contributed by atoms with van der Waals surface area (Å²) in [5.74, 6) is -0.382. The molecule has 0 aliphatic heterocycles. The molecular weight excluding hydrogens is 276 g/mol. The van der Waals surface area contributed by atoms with Gasteiger partial charge in [0.15, 0.2) is 0 Å². The second-order valence-electron chi connectivity index (χ2n) is 4.38. The van der Waals surface area contributed by atoms with Gasteiger partial charge in [-0.2, -0.15) is 0 Å². The number of nitro groups is 1. The average molecular weight is 288 g/mol. The van der Waals surface area contributed by atoms with Crippen molar-refractivity contribution in [2.45, 2.75) is 13.3 Å². The molecule has 7 heteroatoms. The molecule has 1 aromatic carbocycles. The number of hydrogen-bond acceptors (Lipinski definition) is 5. The number of aromatic nitrogens is 1. The van der Waals surface area contributed by atoms with Gasteiger partial charge in [-0.25, -0.2) is 4.98 Å². The van der Waals surface area contributed by atoms with E-state index in [0.717, 1.165) is 0 Å². The molecule has 1 heterocycles. The van der Waals surface area contributed by atoms with Crippen molar-refractivity contribution in [2.75, 3.05) is 0 Å². The van der Waals surface area contributed by atoms with Gasteiger partial charge >= 0.3 is 5.97 Å². The molecule has 0 aliphatic carbocycles. The van der Waals surface area contributed by atoms with Gasteiger partial charge in [-0.1, -0.05) is 12.1 Å². The molecule has 0 fully saturated rings. The van der Waals surface area contributed by atoms with Gasteiger partial charge in [0, 0.05) is 11.8 Å². The van der Waals surface area contributed by atoms with Crippen molar-refractivity contribution in [3.05, 3.63) is 57.8 Å². The number of aliphatic carboxylic acids is 1. The highest BCUT2D eigenvalue weighted by Crippen LogP contribution is 2.25. The molecule has 0 atom stereocenters. The van der Waals surface area contributed by atoms with E-state index in [0.29, 0.717) is 16.9 Å². The van der Waals surface area contributed by atoms with Gasteiger partial charge < -0.3 is 9.84 Å². The molecule has 108 valence electrons. The molecule has 0 amide bonds. The van der Waals surface area contributed by atoms with E-state index in [1.165, 1.54) is 12.3 Å². The predicted octanol–water partition coefficient (Wildman–Crippen LogP) is 2.72. The van der Waals surface area contributed by atoms with Crippen LogP contribution in [-0.2, 0) is 11.2 Å².